The van der Waals surface area contributed by atoms with Crippen molar-refractivity contribution in [2.75, 3.05) is 26.7 Å². The molecule has 0 aliphatic carbocycles. The molecule has 1 spiro atoms. The first-order valence-corrected chi connectivity index (χ1v) is 10.3. The van der Waals surface area contributed by atoms with Crippen molar-refractivity contribution >= 4 is 10.9 Å². The zero-order chi connectivity index (χ0) is 18.0. The van der Waals surface area contributed by atoms with Gasteiger partial charge in [-0.05, 0) is 61.9 Å². The third-order valence-corrected chi connectivity index (χ3v) is 7.35. The van der Waals surface area contributed by atoms with Crippen molar-refractivity contribution in [3.05, 3.63) is 41.8 Å². The maximum Gasteiger partial charge on any atom is 0.127 e. The fourth-order valence-electron chi connectivity index (χ4n) is 6.09. The average Bonchev–Trinajstić information content (AvgIpc) is 3.13. The average molecular weight is 365 g/mol. The Labute approximate surface area is 159 Å². The van der Waals surface area contributed by atoms with Gasteiger partial charge in [0.1, 0.15) is 18.0 Å². The Kier molecular flexibility index (Phi) is 3.42. The van der Waals surface area contributed by atoms with Gasteiger partial charge in [-0.15, -0.1) is 0 Å². The van der Waals surface area contributed by atoms with Crippen molar-refractivity contribution in [2.45, 2.75) is 49.9 Å². The lowest BCUT2D eigenvalue weighted by molar-refractivity contribution is -0.185. The van der Waals surface area contributed by atoms with Crippen LogP contribution in [0.1, 0.15) is 36.9 Å². The quantitative estimate of drug-likeness (QED) is 0.886. The second kappa shape index (κ2) is 5.76. The molecule has 0 amide bonds. The van der Waals surface area contributed by atoms with Crippen molar-refractivity contribution in [3.8, 4) is 5.75 Å². The van der Waals surface area contributed by atoms with Gasteiger partial charge in [-0.2, -0.15) is 0 Å². The van der Waals surface area contributed by atoms with Gasteiger partial charge < -0.3 is 14.5 Å². The van der Waals surface area contributed by atoms with E-state index < -0.39 is 0 Å². The van der Waals surface area contributed by atoms with Gasteiger partial charge in [0.25, 0.3) is 0 Å². The highest BCUT2D eigenvalue weighted by Gasteiger charge is 2.56. The molecule has 2 aromatic rings. The maximum atomic E-state index is 6.10. The first-order valence-electron chi connectivity index (χ1n) is 10.3. The monoisotopic (exact) mass is 365 g/mol. The summed E-state index contributed by atoms with van der Waals surface area (Å²) in [6.45, 7) is 3.45. The van der Waals surface area contributed by atoms with Crippen LogP contribution in [0.5, 0.6) is 5.75 Å². The third kappa shape index (κ3) is 2.13. The summed E-state index contributed by atoms with van der Waals surface area (Å²) in [4.78, 5) is 9.28. The molecule has 0 saturated carbocycles. The Morgan fingerprint density at radius 1 is 1.22 bits per heavy atom. The van der Waals surface area contributed by atoms with Crippen molar-refractivity contribution in [1.82, 2.24) is 14.8 Å². The molecule has 0 radical (unpaired) electrons. The number of nitrogens with one attached hydrogen (secondary N) is 1. The van der Waals surface area contributed by atoms with Crippen LogP contribution in [0.3, 0.4) is 0 Å². The van der Waals surface area contributed by atoms with Crippen LogP contribution < -0.4 is 4.74 Å². The summed E-state index contributed by atoms with van der Waals surface area (Å²) in [6.07, 6.45) is 10.6. The third-order valence-electron chi connectivity index (χ3n) is 7.35. The maximum absolute atomic E-state index is 6.10. The highest BCUT2D eigenvalue weighted by atomic mass is 16.5. The van der Waals surface area contributed by atoms with E-state index in [1.54, 1.807) is 7.11 Å². The smallest absolute Gasteiger partial charge is 0.127 e. The van der Waals surface area contributed by atoms with E-state index in [9.17, 15) is 0 Å². The molecule has 6 heterocycles. The first-order chi connectivity index (χ1) is 13.3. The number of allylic oxidation sites excluding steroid dienone is 1. The number of H-pyrrole nitrogens is 1. The molecule has 5 aliphatic heterocycles. The molecular formula is C22H27N3O2. The van der Waals surface area contributed by atoms with E-state index in [0.717, 1.165) is 31.6 Å². The molecule has 2 bridgehead atoms. The van der Waals surface area contributed by atoms with E-state index >= 15 is 0 Å². The lowest BCUT2D eigenvalue weighted by Crippen LogP contribution is -2.73. The van der Waals surface area contributed by atoms with Crippen LogP contribution in [0.2, 0.25) is 0 Å². The Balaban J connectivity index is 1.47. The zero-order valence-corrected chi connectivity index (χ0v) is 15.9. The minimum atomic E-state index is 0.143. The molecule has 1 aromatic carbocycles. The van der Waals surface area contributed by atoms with Crippen LogP contribution >= 0.6 is 0 Å². The number of aromatic amines is 1. The Hall–Kier alpha value is -1.98. The van der Waals surface area contributed by atoms with E-state index in [2.05, 4.69) is 39.1 Å². The van der Waals surface area contributed by atoms with Gasteiger partial charge in [0.2, 0.25) is 0 Å². The number of fused-ring (bicyclic) bond motifs is 5. The highest BCUT2D eigenvalue weighted by molar-refractivity contribution is 5.87. The Bertz CT molecular complexity index is 910. The SMILES string of the molecule is COc1ccc2[nH]c3c(c2c1)CCN1[C@H]([C@@H]2CCC=CO2)N2CCC31CC2. The van der Waals surface area contributed by atoms with Gasteiger partial charge in [0.05, 0.1) is 18.9 Å². The topological polar surface area (TPSA) is 40.7 Å². The first kappa shape index (κ1) is 16.0. The van der Waals surface area contributed by atoms with Crippen LogP contribution in [0.4, 0.5) is 0 Å². The fourth-order valence-corrected chi connectivity index (χ4v) is 6.09. The minimum Gasteiger partial charge on any atom is -0.497 e. The van der Waals surface area contributed by atoms with Gasteiger partial charge in [0.15, 0.2) is 0 Å². The lowest BCUT2D eigenvalue weighted by atomic mass is 9.73. The predicted octanol–water partition coefficient (Wildman–Crippen LogP) is 3.36. The zero-order valence-electron chi connectivity index (χ0n) is 15.9. The second-order valence-corrected chi connectivity index (χ2v) is 8.44. The Morgan fingerprint density at radius 2 is 2.11 bits per heavy atom. The summed E-state index contributed by atoms with van der Waals surface area (Å²) < 4.78 is 11.6. The van der Waals surface area contributed by atoms with E-state index in [0.29, 0.717) is 12.3 Å². The summed E-state index contributed by atoms with van der Waals surface area (Å²) >= 11 is 0. The molecule has 5 nitrogen and oxygen atoms in total. The Morgan fingerprint density at radius 3 is 2.89 bits per heavy atom. The molecule has 0 unspecified atom stereocenters. The summed E-state index contributed by atoms with van der Waals surface area (Å²) in [7, 11) is 1.75. The molecule has 1 aromatic heterocycles. The molecular weight excluding hydrogens is 338 g/mol. The van der Waals surface area contributed by atoms with Crippen LogP contribution in [0.15, 0.2) is 30.5 Å². The molecule has 1 N–H and O–H groups in total. The molecule has 3 fully saturated rings. The van der Waals surface area contributed by atoms with Crippen LogP contribution in [-0.2, 0) is 16.7 Å². The van der Waals surface area contributed by atoms with E-state index in [1.165, 1.54) is 48.1 Å². The summed E-state index contributed by atoms with van der Waals surface area (Å²) in [6, 6.07) is 6.45. The van der Waals surface area contributed by atoms with Crippen molar-refractivity contribution < 1.29 is 9.47 Å². The van der Waals surface area contributed by atoms with Crippen molar-refractivity contribution in [2.24, 2.45) is 0 Å². The number of aromatic nitrogens is 1. The van der Waals surface area contributed by atoms with Gasteiger partial charge in [-0.1, -0.05) is 0 Å². The lowest BCUT2D eigenvalue weighted by Gasteiger charge is -2.63. The van der Waals surface area contributed by atoms with Crippen molar-refractivity contribution in [3.63, 3.8) is 0 Å². The van der Waals surface area contributed by atoms with Crippen molar-refractivity contribution in [1.29, 1.82) is 0 Å². The van der Waals surface area contributed by atoms with Crippen LogP contribution in [-0.4, -0.2) is 53.8 Å². The number of hydrogen-bond acceptors (Lipinski definition) is 4. The summed E-state index contributed by atoms with van der Waals surface area (Å²) in [5.41, 5.74) is 4.37. The van der Waals surface area contributed by atoms with E-state index in [4.69, 9.17) is 9.47 Å². The number of rotatable bonds is 2. The number of hydrogen-bond donors (Lipinski definition) is 1. The van der Waals surface area contributed by atoms with Gasteiger partial charge in [-0.3, -0.25) is 9.80 Å². The van der Waals surface area contributed by atoms with Gasteiger partial charge >= 0.3 is 0 Å². The summed E-state index contributed by atoms with van der Waals surface area (Å²) in [5, 5.41) is 1.35. The van der Waals surface area contributed by atoms with E-state index in [1.807, 2.05) is 6.26 Å². The molecule has 5 aliphatic rings. The van der Waals surface area contributed by atoms with Gasteiger partial charge in [-0.25, -0.2) is 0 Å². The molecule has 5 heteroatoms. The molecule has 27 heavy (non-hydrogen) atoms. The van der Waals surface area contributed by atoms with E-state index in [-0.39, 0.29) is 5.54 Å². The molecule has 7 rings (SSSR count). The number of piperidine rings is 1. The summed E-state index contributed by atoms with van der Waals surface area (Å²) in [5.74, 6) is 0.947. The minimum absolute atomic E-state index is 0.143. The molecule has 3 saturated heterocycles. The molecule has 2 atom stereocenters. The van der Waals surface area contributed by atoms with Crippen LogP contribution in [0.25, 0.3) is 10.9 Å². The number of ether oxygens (including phenoxy) is 2. The number of nitrogens with zero attached hydrogens (tertiary/aromatic N) is 2. The number of methoxy groups -OCH3 is 1. The van der Waals surface area contributed by atoms with Gasteiger partial charge in [0, 0.05) is 36.2 Å². The van der Waals surface area contributed by atoms with Crippen LogP contribution in [0, 0.1) is 0 Å². The normalized spacial score (nSPS) is 34.9. The largest absolute Gasteiger partial charge is 0.497 e. The predicted molar refractivity (Wildman–Crippen MR) is 105 cm³/mol. The fraction of sp³-hybridized carbons (Fsp3) is 0.545. The standard InChI is InChI=1S/C22H27N3O2/c1-26-15-5-6-18-17(14-15)16-7-10-25-21(19-4-2-3-13-27-19)24-11-8-22(25,9-12-24)20(16)23-18/h3,5-6,13-14,19,21,23H,2,4,7-12H2,1H3/t19-,21+/m0/s1. The number of benzene rings is 1. The second-order valence-electron chi connectivity index (χ2n) is 8.44. The molecule has 142 valence electrons. The highest BCUT2D eigenvalue weighted by Crippen LogP contribution is 2.51.